The van der Waals surface area contributed by atoms with Crippen LogP contribution < -0.4 is 0 Å². The fraction of sp³-hybridized carbons (Fsp3) is 0.320. The van der Waals surface area contributed by atoms with Gasteiger partial charge in [0.1, 0.15) is 0 Å². The van der Waals surface area contributed by atoms with Crippen molar-refractivity contribution in [3.8, 4) is 0 Å². The highest BCUT2D eigenvalue weighted by Crippen LogP contribution is 2.31. The Morgan fingerprint density at radius 2 is 1.89 bits per heavy atom. The van der Waals surface area contributed by atoms with Crippen molar-refractivity contribution in [2.24, 2.45) is 0 Å². The highest BCUT2D eigenvalue weighted by molar-refractivity contribution is 7.98. The van der Waals surface area contributed by atoms with E-state index >= 15 is 0 Å². The first-order valence-corrected chi connectivity index (χ1v) is 11.2. The Bertz CT molecular complexity index is 906. The Labute approximate surface area is 173 Å². The Morgan fingerprint density at radius 3 is 2.64 bits per heavy atom. The molecule has 0 N–H and O–H groups in total. The second kappa shape index (κ2) is 8.93. The van der Waals surface area contributed by atoms with Gasteiger partial charge in [0.25, 0.3) is 0 Å². The summed E-state index contributed by atoms with van der Waals surface area (Å²) in [5.41, 5.74) is 6.85. The Kier molecular flexibility index (Phi) is 6.13. The third kappa shape index (κ3) is 4.48. The molecule has 3 aromatic rings. The maximum Gasteiger partial charge on any atom is 0.0401 e. The molecule has 0 bridgehead atoms. The molecule has 0 aliphatic carbocycles. The molecule has 1 aromatic heterocycles. The quantitative estimate of drug-likeness (QED) is 0.478. The number of hydrogen-bond acceptors (Lipinski definition) is 3. The van der Waals surface area contributed by atoms with E-state index in [1.165, 1.54) is 32.8 Å². The van der Waals surface area contributed by atoms with Gasteiger partial charge in [-0.1, -0.05) is 49.4 Å². The lowest BCUT2D eigenvalue weighted by Gasteiger charge is -2.34. The number of aromatic nitrogens is 1. The molecule has 1 unspecified atom stereocenters. The molecule has 0 saturated carbocycles. The first-order chi connectivity index (χ1) is 13.7. The van der Waals surface area contributed by atoms with Crippen molar-refractivity contribution in [2.75, 3.05) is 6.54 Å². The molecule has 2 heterocycles. The van der Waals surface area contributed by atoms with Gasteiger partial charge in [0.15, 0.2) is 0 Å². The second-order valence-corrected chi connectivity index (χ2v) is 8.59. The van der Waals surface area contributed by atoms with Crippen LogP contribution in [-0.4, -0.2) is 16.4 Å². The molecule has 1 atom stereocenters. The fourth-order valence-electron chi connectivity index (χ4n) is 3.82. The maximum atomic E-state index is 4.59. The number of nitrogens with zero attached hydrogens (tertiary/aromatic N) is 2. The number of hydrogen-bond donors (Lipinski definition) is 0. The molecular weight excluding hydrogens is 360 g/mol. The molecule has 144 valence electrons. The van der Waals surface area contributed by atoms with Crippen molar-refractivity contribution >= 4 is 11.8 Å². The van der Waals surface area contributed by atoms with Crippen LogP contribution in [0.3, 0.4) is 0 Å². The molecule has 28 heavy (non-hydrogen) atoms. The number of aryl methyl sites for hydroxylation is 1. The molecule has 4 rings (SSSR count). The van der Waals surface area contributed by atoms with Gasteiger partial charge in [0, 0.05) is 41.7 Å². The van der Waals surface area contributed by atoms with E-state index < -0.39 is 0 Å². The average molecular weight is 389 g/mol. The molecular formula is C25H28N2S. The van der Waals surface area contributed by atoms with Crippen LogP contribution in [0.25, 0.3) is 0 Å². The van der Waals surface area contributed by atoms with Crippen LogP contribution in [0.1, 0.15) is 47.8 Å². The van der Waals surface area contributed by atoms with Crippen LogP contribution in [-0.2, 0) is 25.1 Å². The summed E-state index contributed by atoms with van der Waals surface area (Å²) < 4.78 is 0. The van der Waals surface area contributed by atoms with Gasteiger partial charge in [0.05, 0.1) is 0 Å². The third-order valence-electron chi connectivity index (χ3n) is 5.71. The van der Waals surface area contributed by atoms with E-state index in [0.29, 0.717) is 6.04 Å². The first kappa shape index (κ1) is 19.2. The third-order valence-corrected chi connectivity index (χ3v) is 6.77. The normalized spacial score (nSPS) is 15.2. The topological polar surface area (TPSA) is 16.1 Å². The van der Waals surface area contributed by atoms with Gasteiger partial charge >= 0.3 is 0 Å². The Balaban J connectivity index is 1.44. The molecule has 1 aliphatic rings. The summed E-state index contributed by atoms with van der Waals surface area (Å²) in [5.74, 6) is 1.02. The average Bonchev–Trinajstić information content (AvgIpc) is 2.77. The molecule has 0 amide bonds. The summed E-state index contributed by atoms with van der Waals surface area (Å²) in [5, 5.41) is 0. The van der Waals surface area contributed by atoms with Crippen LogP contribution in [0.5, 0.6) is 0 Å². The highest BCUT2D eigenvalue weighted by atomic mass is 32.2. The number of benzene rings is 2. The zero-order valence-corrected chi connectivity index (χ0v) is 17.6. The molecule has 1 aliphatic heterocycles. The van der Waals surface area contributed by atoms with Gasteiger partial charge < -0.3 is 0 Å². The summed E-state index contributed by atoms with van der Waals surface area (Å²) in [7, 11) is 0. The van der Waals surface area contributed by atoms with Crippen LogP contribution in [0.4, 0.5) is 0 Å². The standard InChI is InChI=1S/C25H28N2S/c1-3-24-11-9-22(16-26-24)19(2)27-14-13-21-10-12-25(15-23(21)17-27)28-18-20-7-5-4-6-8-20/h4-12,15-16,19H,3,13-14,17-18H2,1-2H3. The lowest BCUT2D eigenvalue weighted by molar-refractivity contribution is 0.191. The smallest absolute Gasteiger partial charge is 0.0401 e. The maximum absolute atomic E-state index is 4.59. The number of fused-ring (bicyclic) bond motifs is 1. The van der Waals surface area contributed by atoms with Crippen LogP contribution in [0.2, 0.25) is 0 Å². The van der Waals surface area contributed by atoms with E-state index in [2.05, 4.69) is 90.6 Å². The molecule has 0 saturated heterocycles. The van der Waals surface area contributed by atoms with Crippen LogP contribution >= 0.6 is 11.8 Å². The van der Waals surface area contributed by atoms with Gasteiger partial charge in [-0.05, 0) is 60.2 Å². The summed E-state index contributed by atoms with van der Waals surface area (Å²) in [6, 6.07) is 22.6. The number of pyridine rings is 1. The lowest BCUT2D eigenvalue weighted by Crippen LogP contribution is -2.33. The fourth-order valence-corrected chi connectivity index (χ4v) is 4.74. The van der Waals surface area contributed by atoms with Crippen molar-refractivity contribution in [1.82, 2.24) is 9.88 Å². The van der Waals surface area contributed by atoms with Gasteiger partial charge in [-0.3, -0.25) is 9.88 Å². The molecule has 2 nitrogen and oxygen atoms in total. The van der Waals surface area contributed by atoms with Gasteiger partial charge in [-0.2, -0.15) is 0 Å². The summed E-state index contributed by atoms with van der Waals surface area (Å²) in [6.07, 6.45) is 4.18. The van der Waals surface area contributed by atoms with E-state index in [1.54, 1.807) is 0 Å². The first-order valence-electron chi connectivity index (χ1n) is 10.2. The molecule has 0 radical (unpaired) electrons. The van der Waals surface area contributed by atoms with Crippen molar-refractivity contribution < 1.29 is 0 Å². The Morgan fingerprint density at radius 1 is 1.04 bits per heavy atom. The highest BCUT2D eigenvalue weighted by Gasteiger charge is 2.22. The lowest BCUT2D eigenvalue weighted by atomic mass is 9.97. The zero-order valence-electron chi connectivity index (χ0n) is 16.8. The van der Waals surface area contributed by atoms with Crippen molar-refractivity contribution in [3.63, 3.8) is 0 Å². The molecule has 3 heteroatoms. The van der Waals surface area contributed by atoms with E-state index in [1.807, 2.05) is 11.8 Å². The minimum Gasteiger partial charge on any atom is -0.292 e. The summed E-state index contributed by atoms with van der Waals surface area (Å²) in [4.78, 5) is 8.54. The predicted molar refractivity (Wildman–Crippen MR) is 119 cm³/mol. The van der Waals surface area contributed by atoms with Gasteiger partial charge in [0.2, 0.25) is 0 Å². The minimum absolute atomic E-state index is 0.396. The zero-order chi connectivity index (χ0) is 19.3. The van der Waals surface area contributed by atoms with Crippen molar-refractivity contribution in [1.29, 1.82) is 0 Å². The van der Waals surface area contributed by atoms with E-state index in [0.717, 1.165) is 31.7 Å². The van der Waals surface area contributed by atoms with Gasteiger partial charge in [-0.25, -0.2) is 0 Å². The van der Waals surface area contributed by atoms with Crippen LogP contribution in [0.15, 0.2) is 71.8 Å². The molecule has 0 spiro atoms. The molecule has 2 aromatic carbocycles. The van der Waals surface area contributed by atoms with E-state index in [4.69, 9.17) is 0 Å². The van der Waals surface area contributed by atoms with E-state index in [-0.39, 0.29) is 0 Å². The number of rotatable bonds is 6. The Hall–Kier alpha value is -2.10. The summed E-state index contributed by atoms with van der Waals surface area (Å²) in [6.45, 7) is 6.59. The predicted octanol–water partition coefficient (Wildman–Crippen LogP) is 6.06. The largest absolute Gasteiger partial charge is 0.292 e. The SMILES string of the molecule is CCc1ccc(C(C)N2CCc3ccc(SCc4ccccc4)cc3C2)cn1. The minimum atomic E-state index is 0.396. The second-order valence-electron chi connectivity index (χ2n) is 7.54. The summed E-state index contributed by atoms with van der Waals surface area (Å²) >= 11 is 1.93. The molecule has 0 fully saturated rings. The van der Waals surface area contributed by atoms with E-state index in [9.17, 15) is 0 Å². The van der Waals surface area contributed by atoms with Crippen molar-refractivity contribution in [3.05, 3.63) is 94.8 Å². The van der Waals surface area contributed by atoms with Crippen molar-refractivity contribution in [2.45, 2.75) is 49.9 Å². The van der Waals surface area contributed by atoms with Crippen LogP contribution in [0, 0.1) is 0 Å². The number of thioether (sulfide) groups is 1. The monoisotopic (exact) mass is 388 g/mol. The van der Waals surface area contributed by atoms with Gasteiger partial charge in [-0.15, -0.1) is 11.8 Å².